The standard InChI is InChI=1S/C23H26N4O4/c1-3-14-26(22(29)16(2)31-18-12-8-5-9-13-18)19-20(24)27(23(30)25-21(19)28)15-17-10-6-4-7-11-17/h4-13,16H,3,14-15,24H2,1-2H3,(H,25,28,30)/t16-/m1/s1. The highest BCUT2D eigenvalue weighted by Crippen LogP contribution is 2.20. The number of H-pyrrole nitrogens is 1. The van der Waals surface area contributed by atoms with Crippen molar-refractivity contribution < 1.29 is 9.53 Å². The van der Waals surface area contributed by atoms with Gasteiger partial charge in [-0.05, 0) is 31.0 Å². The number of anilines is 2. The molecule has 3 rings (SSSR count). The molecular formula is C23H26N4O4. The summed E-state index contributed by atoms with van der Waals surface area (Å²) in [7, 11) is 0. The van der Waals surface area contributed by atoms with Crippen molar-refractivity contribution in [2.24, 2.45) is 0 Å². The maximum absolute atomic E-state index is 13.2. The molecule has 0 aliphatic carbocycles. The number of carbonyl (C=O) groups excluding carboxylic acids is 1. The molecule has 0 aliphatic heterocycles. The Morgan fingerprint density at radius 1 is 1.10 bits per heavy atom. The van der Waals surface area contributed by atoms with E-state index in [1.807, 2.05) is 43.3 Å². The number of nitrogens with two attached hydrogens (primary N) is 1. The fourth-order valence-corrected chi connectivity index (χ4v) is 3.29. The Hall–Kier alpha value is -3.81. The lowest BCUT2D eigenvalue weighted by atomic mass is 10.2. The first-order valence-electron chi connectivity index (χ1n) is 10.1. The lowest BCUT2D eigenvalue weighted by Crippen LogP contribution is -2.46. The molecule has 1 amide bonds. The number of aromatic nitrogens is 2. The van der Waals surface area contributed by atoms with Gasteiger partial charge in [-0.3, -0.25) is 19.1 Å². The molecule has 3 aromatic rings. The summed E-state index contributed by atoms with van der Waals surface area (Å²) in [5.41, 5.74) is 5.71. The van der Waals surface area contributed by atoms with Crippen molar-refractivity contribution in [2.45, 2.75) is 32.9 Å². The minimum Gasteiger partial charge on any atom is -0.481 e. The Balaban J connectivity index is 1.98. The van der Waals surface area contributed by atoms with Crippen molar-refractivity contribution in [1.29, 1.82) is 0 Å². The first-order chi connectivity index (χ1) is 14.9. The maximum atomic E-state index is 13.2. The third-order valence-corrected chi connectivity index (χ3v) is 4.78. The lowest BCUT2D eigenvalue weighted by Gasteiger charge is -2.27. The van der Waals surface area contributed by atoms with Gasteiger partial charge in [-0.2, -0.15) is 0 Å². The number of ether oxygens (including phenoxy) is 1. The van der Waals surface area contributed by atoms with Crippen LogP contribution in [0.25, 0.3) is 0 Å². The summed E-state index contributed by atoms with van der Waals surface area (Å²) in [4.78, 5) is 41.9. The lowest BCUT2D eigenvalue weighted by molar-refractivity contribution is -0.124. The number of benzene rings is 2. The predicted octanol–water partition coefficient (Wildman–Crippen LogP) is 2.38. The fraction of sp³-hybridized carbons (Fsp3) is 0.261. The van der Waals surface area contributed by atoms with E-state index in [0.717, 1.165) is 5.56 Å². The number of nitrogens with zero attached hydrogens (tertiary/aromatic N) is 2. The molecule has 8 nitrogen and oxygen atoms in total. The third kappa shape index (κ3) is 5.03. The minimum atomic E-state index is -0.859. The van der Waals surface area contributed by atoms with Gasteiger partial charge in [-0.1, -0.05) is 55.5 Å². The second kappa shape index (κ2) is 9.80. The molecule has 0 fully saturated rings. The Bertz CT molecular complexity index is 1140. The smallest absolute Gasteiger partial charge is 0.330 e. The molecule has 0 saturated carbocycles. The average molecular weight is 422 g/mol. The molecule has 2 aromatic carbocycles. The zero-order valence-corrected chi connectivity index (χ0v) is 17.6. The number of nitrogens with one attached hydrogen (secondary N) is 1. The van der Waals surface area contributed by atoms with E-state index in [2.05, 4.69) is 4.98 Å². The van der Waals surface area contributed by atoms with Crippen molar-refractivity contribution in [3.8, 4) is 5.75 Å². The number of rotatable bonds is 8. The number of hydrogen-bond donors (Lipinski definition) is 2. The molecule has 0 bridgehead atoms. The van der Waals surface area contributed by atoms with Crippen molar-refractivity contribution in [2.75, 3.05) is 17.2 Å². The van der Waals surface area contributed by atoms with E-state index >= 15 is 0 Å². The van der Waals surface area contributed by atoms with E-state index in [4.69, 9.17) is 10.5 Å². The van der Waals surface area contributed by atoms with Crippen LogP contribution in [0.5, 0.6) is 5.75 Å². The summed E-state index contributed by atoms with van der Waals surface area (Å²) in [6.45, 7) is 3.91. The normalized spacial score (nSPS) is 11.7. The molecule has 162 valence electrons. The summed E-state index contributed by atoms with van der Waals surface area (Å²) < 4.78 is 7.00. The molecule has 31 heavy (non-hydrogen) atoms. The predicted molar refractivity (Wildman–Crippen MR) is 120 cm³/mol. The number of carbonyl (C=O) groups is 1. The number of aromatic amines is 1. The van der Waals surface area contributed by atoms with Crippen LogP contribution in [0, 0.1) is 0 Å². The van der Waals surface area contributed by atoms with E-state index in [1.165, 1.54) is 9.47 Å². The molecule has 3 N–H and O–H groups in total. The van der Waals surface area contributed by atoms with Crippen LogP contribution in [0.2, 0.25) is 0 Å². The number of nitrogen functional groups attached to an aromatic ring is 1. The molecule has 1 heterocycles. The highest BCUT2D eigenvalue weighted by atomic mass is 16.5. The molecule has 1 aromatic heterocycles. The molecule has 8 heteroatoms. The van der Waals surface area contributed by atoms with Gasteiger partial charge in [0.1, 0.15) is 11.6 Å². The van der Waals surface area contributed by atoms with Gasteiger partial charge in [-0.15, -0.1) is 0 Å². The van der Waals surface area contributed by atoms with Gasteiger partial charge < -0.3 is 15.4 Å². The van der Waals surface area contributed by atoms with Crippen LogP contribution < -0.4 is 26.6 Å². The van der Waals surface area contributed by atoms with Crippen molar-refractivity contribution in [3.63, 3.8) is 0 Å². The van der Waals surface area contributed by atoms with Gasteiger partial charge in [0.15, 0.2) is 11.8 Å². The van der Waals surface area contributed by atoms with Crippen molar-refractivity contribution >= 4 is 17.4 Å². The Labute approximate surface area is 179 Å². The summed E-state index contributed by atoms with van der Waals surface area (Å²) in [6, 6.07) is 18.2. The van der Waals surface area contributed by atoms with Gasteiger partial charge in [0.05, 0.1) is 6.54 Å². The SMILES string of the molecule is CCCN(C(=O)[C@@H](C)Oc1ccccc1)c1c(N)n(Cc2ccccc2)c(=O)[nH]c1=O. The summed E-state index contributed by atoms with van der Waals surface area (Å²) in [5.74, 6) is 0.0508. The quantitative estimate of drug-likeness (QED) is 0.579. The fourth-order valence-electron chi connectivity index (χ4n) is 3.29. The molecule has 0 spiro atoms. The van der Waals surface area contributed by atoms with Crippen LogP contribution in [0.15, 0.2) is 70.3 Å². The van der Waals surface area contributed by atoms with Crippen LogP contribution in [0.4, 0.5) is 11.5 Å². The summed E-state index contributed by atoms with van der Waals surface area (Å²) in [6.07, 6.45) is -0.275. The number of amides is 1. The van der Waals surface area contributed by atoms with Crippen LogP contribution >= 0.6 is 0 Å². The van der Waals surface area contributed by atoms with Crippen LogP contribution in [-0.4, -0.2) is 28.1 Å². The van der Waals surface area contributed by atoms with Gasteiger partial charge in [0, 0.05) is 6.54 Å². The van der Waals surface area contributed by atoms with Crippen molar-refractivity contribution in [3.05, 3.63) is 87.1 Å². The maximum Gasteiger partial charge on any atom is 0.330 e. The number of hydrogen-bond acceptors (Lipinski definition) is 5. The van der Waals surface area contributed by atoms with E-state index < -0.39 is 23.3 Å². The van der Waals surface area contributed by atoms with Crippen LogP contribution in [-0.2, 0) is 11.3 Å². The second-order valence-corrected chi connectivity index (χ2v) is 7.13. The average Bonchev–Trinajstić information content (AvgIpc) is 2.77. The second-order valence-electron chi connectivity index (χ2n) is 7.13. The topological polar surface area (TPSA) is 110 Å². The monoisotopic (exact) mass is 422 g/mol. The molecule has 1 atom stereocenters. The van der Waals surface area contributed by atoms with Crippen LogP contribution in [0.3, 0.4) is 0 Å². The van der Waals surface area contributed by atoms with Gasteiger partial charge in [-0.25, -0.2) is 4.79 Å². The zero-order valence-electron chi connectivity index (χ0n) is 17.6. The Morgan fingerprint density at radius 3 is 2.32 bits per heavy atom. The van der Waals surface area contributed by atoms with E-state index in [9.17, 15) is 14.4 Å². The van der Waals surface area contributed by atoms with Gasteiger partial charge >= 0.3 is 5.69 Å². The first kappa shape index (κ1) is 21.9. The molecular weight excluding hydrogens is 396 g/mol. The molecule has 0 radical (unpaired) electrons. The minimum absolute atomic E-state index is 0.0501. The molecule has 0 aliphatic rings. The molecule has 0 unspecified atom stereocenters. The van der Waals surface area contributed by atoms with E-state index in [1.54, 1.807) is 31.2 Å². The van der Waals surface area contributed by atoms with Gasteiger partial charge in [0.25, 0.3) is 11.5 Å². The number of para-hydroxylation sites is 1. The highest BCUT2D eigenvalue weighted by molar-refractivity contribution is 5.98. The zero-order chi connectivity index (χ0) is 22.4. The largest absolute Gasteiger partial charge is 0.481 e. The van der Waals surface area contributed by atoms with Crippen molar-refractivity contribution in [1.82, 2.24) is 9.55 Å². The van der Waals surface area contributed by atoms with Gasteiger partial charge in [0.2, 0.25) is 0 Å². The first-order valence-corrected chi connectivity index (χ1v) is 10.1. The Kier molecular flexibility index (Phi) is 6.92. The van der Waals surface area contributed by atoms with Crippen LogP contribution in [0.1, 0.15) is 25.8 Å². The van der Waals surface area contributed by atoms with E-state index in [-0.39, 0.29) is 24.6 Å². The Morgan fingerprint density at radius 2 is 1.71 bits per heavy atom. The summed E-state index contributed by atoms with van der Waals surface area (Å²) >= 11 is 0. The highest BCUT2D eigenvalue weighted by Gasteiger charge is 2.28. The summed E-state index contributed by atoms with van der Waals surface area (Å²) in [5, 5.41) is 0. The molecule has 0 saturated heterocycles. The third-order valence-electron chi connectivity index (χ3n) is 4.78. The van der Waals surface area contributed by atoms with E-state index in [0.29, 0.717) is 12.2 Å².